The summed E-state index contributed by atoms with van der Waals surface area (Å²) in [6.45, 7) is 4.10. The molecule has 112 valence electrons. The second kappa shape index (κ2) is 7.22. The van der Waals surface area contributed by atoms with Crippen LogP contribution in [0.15, 0.2) is 29.0 Å². The highest BCUT2D eigenvalue weighted by Crippen LogP contribution is 2.17. The first-order valence-electron chi connectivity index (χ1n) is 7.15. The van der Waals surface area contributed by atoms with Crippen LogP contribution in [0, 0.1) is 0 Å². The molecule has 0 aliphatic carbocycles. The van der Waals surface area contributed by atoms with E-state index in [2.05, 4.69) is 27.9 Å². The van der Waals surface area contributed by atoms with Gasteiger partial charge in [0.2, 0.25) is 0 Å². The van der Waals surface area contributed by atoms with E-state index in [0.29, 0.717) is 5.56 Å². The van der Waals surface area contributed by atoms with Crippen molar-refractivity contribution < 1.29 is 4.79 Å². The van der Waals surface area contributed by atoms with Gasteiger partial charge in [-0.2, -0.15) is 11.3 Å². The molecule has 2 N–H and O–H groups in total. The molecule has 0 aromatic carbocycles. The van der Waals surface area contributed by atoms with Crippen LogP contribution in [0.3, 0.4) is 0 Å². The summed E-state index contributed by atoms with van der Waals surface area (Å²) in [4.78, 5) is 16.9. The van der Waals surface area contributed by atoms with E-state index in [-0.39, 0.29) is 11.9 Å². The van der Waals surface area contributed by atoms with Crippen LogP contribution >= 0.6 is 11.3 Å². The van der Waals surface area contributed by atoms with Gasteiger partial charge < -0.3 is 10.6 Å². The van der Waals surface area contributed by atoms with Crippen LogP contribution in [-0.4, -0.2) is 17.9 Å². The number of carbonyl (C=O) groups excluding carboxylic acids is 1. The summed E-state index contributed by atoms with van der Waals surface area (Å²) in [7, 11) is 1.81. The third-order valence-electron chi connectivity index (χ3n) is 3.29. The predicted octanol–water partition coefficient (Wildman–Crippen LogP) is 3.63. The van der Waals surface area contributed by atoms with Crippen molar-refractivity contribution in [1.29, 1.82) is 0 Å². The normalized spacial score (nSPS) is 12.0. The zero-order chi connectivity index (χ0) is 15.2. The molecule has 0 saturated heterocycles. The first-order valence-corrected chi connectivity index (χ1v) is 8.10. The van der Waals surface area contributed by atoms with Gasteiger partial charge in [0.25, 0.3) is 5.91 Å². The Labute approximate surface area is 129 Å². The van der Waals surface area contributed by atoms with Crippen LogP contribution in [0.2, 0.25) is 0 Å². The summed E-state index contributed by atoms with van der Waals surface area (Å²) < 4.78 is 0. The van der Waals surface area contributed by atoms with Gasteiger partial charge in [-0.25, -0.2) is 4.98 Å². The molecule has 4 nitrogen and oxygen atoms in total. The number of aromatic nitrogens is 1. The molecule has 0 bridgehead atoms. The lowest BCUT2D eigenvalue weighted by atomic mass is 10.1. The van der Waals surface area contributed by atoms with E-state index in [1.807, 2.05) is 31.5 Å². The Balaban J connectivity index is 2.16. The molecule has 2 rings (SSSR count). The van der Waals surface area contributed by atoms with Gasteiger partial charge in [0.1, 0.15) is 5.82 Å². The highest BCUT2D eigenvalue weighted by atomic mass is 32.1. The van der Waals surface area contributed by atoms with Gasteiger partial charge in [0.05, 0.1) is 6.04 Å². The second-order valence-electron chi connectivity index (χ2n) is 4.98. The highest BCUT2D eigenvalue weighted by Gasteiger charge is 2.13. The number of rotatable bonds is 6. The number of carbonyl (C=O) groups is 1. The molecule has 0 radical (unpaired) electrons. The number of hydrogen-bond acceptors (Lipinski definition) is 4. The van der Waals surface area contributed by atoms with Gasteiger partial charge in [0, 0.05) is 18.3 Å². The van der Waals surface area contributed by atoms with Crippen LogP contribution in [0.5, 0.6) is 0 Å². The molecule has 2 heterocycles. The minimum atomic E-state index is -0.0649. The number of amides is 1. The maximum absolute atomic E-state index is 12.4. The van der Waals surface area contributed by atoms with Crippen molar-refractivity contribution in [2.75, 3.05) is 12.4 Å². The van der Waals surface area contributed by atoms with Gasteiger partial charge in [-0.3, -0.25) is 4.79 Å². The molecule has 5 heteroatoms. The molecule has 0 fully saturated rings. The number of pyridine rings is 1. The number of hydrogen-bond donors (Lipinski definition) is 2. The molecule has 1 unspecified atom stereocenters. The molecule has 0 spiro atoms. The zero-order valence-corrected chi connectivity index (χ0v) is 13.5. The van der Waals surface area contributed by atoms with E-state index < -0.39 is 0 Å². The van der Waals surface area contributed by atoms with E-state index in [4.69, 9.17) is 0 Å². The Kier molecular flexibility index (Phi) is 5.33. The second-order valence-corrected chi connectivity index (χ2v) is 5.76. The molecule has 21 heavy (non-hydrogen) atoms. The number of nitrogens with zero attached hydrogens (tertiary/aromatic N) is 1. The molecule has 0 saturated carbocycles. The van der Waals surface area contributed by atoms with Crippen LogP contribution in [-0.2, 0) is 6.42 Å². The third kappa shape index (κ3) is 4.04. The lowest BCUT2D eigenvalue weighted by molar-refractivity contribution is 0.0939. The fraction of sp³-hybridized carbons (Fsp3) is 0.375. The van der Waals surface area contributed by atoms with Gasteiger partial charge in [-0.1, -0.05) is 13.3 Å². The molecule has 2 aromatic heterocycles. The lowest BCUT2D eigenvalue weighted by Gasteiger charge is -2.14. The fourth-order valence-corrected chi connectivity index (χ4v) is 2.87. The van der Waals surface area contributed by atoms with E-state index in [9.17, 15) is 4.79 Å². The standard InChI is InChI=1S/C16H21N3OS/c1-4-5-14-8-13(9-15(17-3)19-14)16(20)18-11(2)12-6-7-21-10-12/h6-11H,4-5H2,1-3H3,(H,17,19)(H,18,20). The van der Waals surface area contributed by atoms with E-state index in [1.54, 1.807) is 17.4 Å². The van der Waals surface area contributed by atoms with Crippen molar-refractivity contribution in [2.24, 2.45) is 0 Å². The molecule has 1 atom stereocenters. The van der Waals surface area contributed by atoms with E-state index >= 15 is 0 Å². The van der Waals surface area contributed by atoms with Crippen LogP contribution in [0.25, 0.3) is 0 Å². The predicted molar refractivity (Wildman–Crippen MR) is 88.0 cm³/mol. The summed E-state index contributed by atoms with van der Waals surface area (Å²) in [5.74, 6) is 0.666. The topological polar surface area (TPSA) is 54.0 Å². The molecule has 0 aliphatic heterocycles. The number of nitrogens with one attached hydrogen (secondary N) is 2. The van der Waals surface area contributed by atoms with Gasteiger partial charge in [0.15, 0.2) is 0 Å². The Morgan fingerprint density at radius 3 is 2.86 bits per heavy atom. The van der Waals surface area contributed by atoms with Gasteiger partial charge in [-0.05, 0) is 47.9 Å². The Bertz CT molecular complexity index is 596. The minimum Gasteiger partial charge on any atom is -0.373 e. The first kappa shape index (κ1) is 15.5. The summed E-state index contributed by atoms with van der Waals surface area (Å²) in [5.41, 5.74) is 2.72. The third-order valence-corrected chi connectivity index (χ3v) is 4.00. The summed E-state index contributed by atoms with van der Waals surface area (Å²) in [6, 6.07) is 5.70. The van der Waals surface area contributed by atoms with Crippen molar-refractivity contribution in [3.8, 4) is 0 Å². The molecular formula is C16H21N3OS. The number of thiophene rings is 1. The lowest BCUT2D eigenvalue weighted by Crippen LogP contribution is -2.26. The quantitative estimate of drug-likeness (QED) is 0.857. The average molecular weight is 303 g/mol. The van der Waals surface area contributed by atoms with Gasteiger partial charge in [-0.15, -0.1) is 0 Å². The first-order chi connectivity index (χ1) is 10.1. The molecule has 0 aliphatic rings. The summed E-state index contributed by atoms with van der Waals surface area (Å²) in [5, 5.41) is 10.1. The van der Waals surface area contributed by atoms with Crippen molar-refractivity contribution >= 4 is 23.1 Å². The zero-order valence-electron chi connectivity index (χ0n) is 12.6. The SMILES string of the molecule is CCCc1cc(C(=O)NC(C)c2ccsc2)cc(NC)n1. The molecule has 2 aromatic rings. The van der Waals surface area contributed by atoms with Crippen molar-refractivity contribution in [3.63, 3.8) is 0 Å². The van der Waals surface area contributed by atoms with Crippen molar-refractivity contribution in [2.45, 2.75) is 32.7 Å². The van der Waals surface area contributed by atoms with E-state index in [0.717, 1.165) is 29.9 Å². The monoisotopic (exact) mass is 303 g/mol. The largest absolute Gasteiger partial charge is 0.373 e. The van der Waals surface area contributed by atoms with Crippen LogP contribution in [0.1, 0.15) is 47.9 Å². The Morgan fingerprint density at radius 2 is 2.24 bits per heavy atom. The number of aryl methyl sites for hydroxylation is 1. The van der Waals surface area contributed by atoms with E-state index in [1.165, 1.54) is 0 Å². The smallest absolute Gasteiger partial charge is 0.251 e. The average Bonchev–Trinajstić information content (AvgIpc) is 3.01. The maximum Gasteiger partial charge on any atom is 0.251 e. The Hall–Kier alpha value is -1.88. The summed E-state index contributed by atoms with van der Waals surface area (Å²) >= 11 is 1.63. The number of anilines is 1. The molecular weight excluding hydrogens is 282 g/mol. The maximum atomic E-state index is 12.4. The summed E-state index contributed by atoms with van der Waals surface area (Å²) in [6.07, 6.45) is 1.88. The molecule has 1 amide bonds. The minimum absolute atomic E-state index is 0.00424. The Morgan fingerprint density at radius 1 is 1.43 bits per heavy atom. The highest BCUT2D eigenvalue weighted by molar-refractivity contribution is 7.07. The fourth-order valence-electron chi connectivity index (χ4n) is 2.12. The van der Waals surface area contributed by atoms with Crippen LogP contribution < -0.4 is 10.6 Å². The van der Waals surface area contributed by atoms with Gasteiger partial charge >= 0.3 is 0 Å². The van der Waals surface area contributed by atoms with Crippen LogP contribution in [0.4, 0.5) is 5.82 Å². The van der Waals surface area contributed by atoms with Crippen molar-refractivity contribution in [3.05, 3.63) is 45.8 Å². The van der Waals surface area contributed by atoms with Crippen molar-refractivity contribution in [1.82, 2.24) is 10.3 Å².